The van der Waals surface area contributed by atoms with E-state index < -0.39 is 5.97 Å². The van der Waals surface area contributed by atoms with Gasteiger partial charge in [0.05, 0.1) is 5.56 Å². The number of ether oxygens (including phenoxy) is 2. The van der Waals surface area contributed by atoms with Crippen molar-refractivity contribution < 1.29 is 14.3 Å². The van der Waals surface area contributed by atoms with Gasteiger partial charge in [-0.1, -0.05) is 54.1 Å². The Kier molecular flexibility index (Phi) is 5.79. The zero-order valence-corrected chi connectivity index (χ0v) is 17.5. The third-order valence-corrected chi connectivity index (χ3v) is 5.30. The van der Waals surface area contributed by atoms with Crippen LogP contribution in [0.25, 0.3) is 6.08 Å². The molecule has 0 fully saturated rings. The molecule has 4 rings (SSSR count). The first-order chi connectivity index (χ1) is 14.1. The normalized spacial score (nSPS) is 14.6. The van der Waals surface area contributed by atoms with E-state index in [1.54, 1.807) is 6.08 Å². The van der Waals surface area contributed by atoms with Gasteiger partial charge in [0.2, 0.25) is 5.90 Å². The molecule has 0 saturated heterocycles. The van der Waals surface area contributed by atoms with Crippen LogP contribution in [0.2, 0.25) is 5.02 Å². The van der Waals surface area contributed by atoms with Crippen LogP contribution >= 0.6 is 27.5 Å². The Hall–Kier alpha value is -2.89. The Labute approximate surface area is 181 Å². The molecule has 0 saturated carbocycles. The summed E-state index contributed by atoms with van der Waals surface area (Å²) >= 11 is 9.61. The molecule has 1 aliphatic heterocycles. The predicted octanol–water partition coefficient (Wildman–Crippen LogP) is 6.03. The molecular weight excluding hydrogens is 454 g/mol. The minimum absolute atomic E-state index is 0.235. The van der Waals surface area contributed by atoms with Crippen LogP contribution in [0.4, 0.5) is 0 Å². The second kappa shape index (κ2) is 8.64. The molecule has 0 spiro atoms. The van der Waals surface area contributed by atoms with E-state index in [1.165, 1.54) is 0 Å². The first-order valence-corrected chi connectivity index (χ1v) is 10.0. The van der Waals surface area contributed by atoms with Crippen molar-refractivity contribution in [1.82, 2.24) is 0 Å². The molecular formula is C23H15BrClNO3. The largest absolute Gasteiger partial charge is 0.489 e. The fourth-order valence-corrected chi connectivity index (χ4v) is 3.43. The van der Waals surface area contributed by atoms with Crippen LogP contribution in [-0.4, -0.2) is 11.9 Å². The van der Waals surface area contributed by atoms with Gasteiger partial charge in [-0.2, -0.15) is 0 Å². The molecule has 0 bridgehead atoms. The van der Waals surface area contributed by atoms with Crippen molar-refractivity contribution in [2.75, 3.05) is 0 Å². The molecule has 0 aromatic heterocycles. The van der Waals surface area contributed by atoms with Crippen LogP contribution in [0.3, 0.4) is 0 Å². The number of benzene rings is 3. The Balaban J connectivity index is 1.54. The first kappa shape index (κ1) is 19.4. The molecule has 0 N–H and O–H groups in total. The summed E-state index contributed by atoms with van der Waals surface area (Å²) in [6.45, 7) is 0.353. The molecule has 144 valence electrons. The first-order valence-electron chi connectivity index (χ1n) is 8.84. The average molecular weight is 469 g/mol. The Morgan fingerprint density at radius 2 is 1.83 bits per heavy atom. The van der Waals surface area contributed by atoms with Gasteiger partial charge in [-0.3, -0.25) is 0 Å². The molecule has 3 aromatic carbocycles. The quantitative estimate of drug-likeness (QED) is 0.339. The van der Waals surface area contributed by atoms with E-state index >= 15 is 0 Å². The highest BCUT2D eigenvalue weighted by molar-refractivity contribution is 9.10. The molecule has 1 aliphatic rings. The molecule has 4 nitrogen and oxygen atoms in total. The number of hydrogen-bond donors (Lipinski definition) is 0. The van der Waals surface area contributed by atoms with Crippen LogP contribution < -0.4 is 4.74 Å². The molecule has 3 aromatic rings. The summed E-state index contributed by atoms with van der Waals surface area (Å²) in [7, 11) is 0. The summed E-state index contributed by atoms with van der Waals surface area (Å²) in [5, 5.41) is 0.661. The average Bonchev–Trinajstić information content (AvgIpc) is 3.08. The minimum atomic E-state index is -0.488. The Morgan fingerprint density at radius 1 is 1.03 bits per heavy atom. The number of esters is 1. The molecule has 0 unspecified atom stereocenters. The van der Waals surface area contributed by atoms with Gasteiger partial charge >= 0.3 is 5.97 Å². The predicted molar refractivity (Wildman–Crippen MR) is 117 cm³/mol. The van der Waals surface area contributed by atoms with Gasteiger partial charge in [0.25, 0.3) is 0 Å². The maximum Gasteiger partial charge on any atom is 0.363 e. The maximum atomic E-state index is 12.2. The van der Waals surface area contributed by atoms with E-state index in [0.717, 1.165) is 21.2 Å². The van der Waals surface area contributed by atoms with Crippen molar-refractivity contribution in [3.05, 3.63) is 105 Å². The molecule has 1 heterocycles. The van der Waals surface area contributed by atoms with Crippen LogP contribution in [0.1, 0.15) is 16.7 Å². The SMILES string of the molecule is O=C1OC(c2ccccc2Br)=N/C1=C\c1cccc(OCc2ccccc2Cl)c1. The van der Waals surface area contributed by atoms with Gasteiger partial charge in [0.15, 0.2) is 5.70 Å². The van der Waals surface area contributed by atoms with Crippen molar-refractivity contribution >= 4 is 45.5 Å². The van der Waals surface area contributed by atoms with Crippen molar-refractivity contribution in [3.8, 4) is 5.75 Å². The maximum absolute atomic E-state index is 12.2. The highest BCUT2D eigenvalue weighted by Gasteiger charge is 2.25. The molecule has 6 heteroatoms. The highest BCUT2D eigenvalue weighted by Crippen LogP contribution is 2.25. The minimum Gasteiger partial charge on any atom is -0.489 e. The van der Waals surface area contributed by atoms with E-state index in [2.05, 4.69) is 20.9 Å². The third kappa shape index (κ3) is 4.58. The van der Waals surface area contributed by atoms with Crippen LogP contribution in [0.5, 0.6) is 5.75 Å². The van der Waals surface area contributed by atoms with E-state index in [4.69, 9.17) is 21.1 Å². The lowest BCUT2D eigenvalue weighted by atomic mass is 10.2. The fourth-order valence-electron chi connectivity index (χ4n) is 2.79. The summed E-state index contributed by atoms with van der Waals surface area (Å²) in [5.74, 6) is 0.457. The van der Waals surface area contributed by atoms with Gasteiger partial charge in [-0.05, 0) is 57.9 Å². The second-order valence-electron chi connectivity index (χ2n) is 6.27. The summed E-state index contributed by atoms with van der Waals surface area (Å²) < 4.78 is 12.0. The van der Waals surface area contributed by atoms with E-state index in [9.17, 15) is 4.79 Å². The molecule has 0 amide bonds. The lowest BCUT2D eigenvalue weighted by Crippen LogP contribution is -2.05. The summed E-state index contributed by atoms with van der Waals surface area (Å²) in [4.78, 5) is 16.6. The van der Waals surface area contributed by atoms with Crippen molar-refractivity contribution in [2.45, 2.75) is 6.61 Å². The van der Waals surface area contributed by atoms with E-state index in [0.29, 0.717) is 17.4 Å². The molecule has 0 aliphatic carbocycles. The highest BCUT2D eigenvalue weighted by atomic mass is 79.9. The zero-order chi connectivity index (χ0) is 20.2. The third-order valence-electron chi connectivity index (χ3n) is 4.24. The van der Waals surface area contributed by atoms with Crippen molar-refractivity contribution in [3.63, 3.8) is 0 Å². The lowest BCUT2D eigenvalue weighted by Gasteiger charge is -2.08. The number of halogens is 2. The van der Waals surface area contributed by atoms with Gasteiger partial charge in [-0.25, -0.2) is 9.79 Å². The van der Waals surface area contributed by atoms with E-state index in [-0.39, 0.29) is 11.6 Å². The molecule has 0 atom stereocenters. The number of carbonyl (C=O) groups is 1. The zero-order valence-electron chi connectivity index (χ0n) is 15.1. The topological polar surface area (TPSA) is 47.9 Å². The van der Waals surface area contributed by atoms with Gasteiger partial charge in [-0.15, -0.1) is 0 Å². The number of rotatable bonds is 5. The Bertz CT molecular complexity index is 1140. The number of hydrogen-bond acceptors (Lipinski definition) is 4. The standard InChI is InChI=1S/C23H15BrClNO3/c24-19-10-3-2-9-18(19)22-26-21(23(27)29-22)13-15-6-5-8-17(12-15)28-14-16-7-1-4-11-20(16)25/h1-13H,14H2/b21-13-. The summed E-state index contributed by atoms with van der Waals surface area (Å²) in [6, 6.07) is 22.4. The number of cyclic esters (lactones) is 1. The van der Waals surface area contributed by atoms with Crippen molar-refractivity contribution in [1.29, 1.82) is 0 Å². The van der Waals surface area contributed by atoms with Gasteiger partial charge in [0, 0.05) is 15.1 Å². The monoisotopic (exact) mass is 467 g/mol. The van der Waals surface area contributed by atoms with Crippen LogP contribution in [0.15, 0.2) is 88.0 Å². The lowest BCUT2D eigenvalue weighted by molar-refractivity contribution is -0.129. The van der Waals surface area contributed by atoms with Crippen LogP contribution in [0, 0.1) is 0 Å². The van der Waals surface area contributed by atoms with E-state index in [1.807, 2.05) is 72.8 Å². The smallest absolute Gasteiger partial charge is 0.363 e. The Morgan fingerprint density at radius 3 is 2.66 bits per heavy atom. The number of nitrogens with zero attached hydrogens (tertiary/aromatic N) is 1. The number of carbonyl (C=O) groups excluding carboxylic acids is 1. The second-order valence-corrected chi connectivity index (χ2v) is 7.53. The fraction of sp³-hybridized carbons (Fsp3) is 0.0435. The molecule has 29 heavy (non-hydrogen) atoms. The van der Waals surface area contributed by atoms with Gasteiger partial charge < -0.3 is 9.47 Å². The van der Waals surface area contributed by atoms with Crippen molar-refractivity contribution in [2.24, 2.45) is 4.99 Å². The summed E-state index contributed by atoms with van der Waals surface area (Å²) in [6.07, 6.45) is 1.68. The van der Waals surface area contributed by atoms with Crippen LogP contribution in [-0.2, 0) is 16.1 Å². The van der Waals surface area contributed by atoms with Gasteiger partial charge in [0.1, 0.15) is 12.4 Å². The number of aliphatic imine (C=N–C) groups is 1. The summed E-state index contributed by atoms with van der Waals surface area (Å²) in [5.41, 5.74) is 2.64. The molecule has 0 radical (unpaired) electrons.